The van der Waals surface area contributed by atoms with Gasteiger partial charge < -0.3 is 9.47 Å². The molecule has 0 aromatic heterocycles. The standard InChI is InChI=1S/C53H88N4O4/c1-3-5-31-60-52(58)36-46-11-7-40(8-12-46)33-42-15-23-48(24-16-42)54-38-56-50-27-19-44(20-28-50)35-45-21-29-51(30-22-45)57-39-55-49-25-17-43(18-26-49)34-41-9-13-47(14-10-41)37-53(59)61-32-6-4-2/h40-51H,3-37H2,1-2H3. The molecule has 0 N–H and O–H groups in total. The van der Waals surface area contributed by atoms with Crippen molar-refractivity contribution < 1.29 is 19.1 Å². The van der Waals surface area contributed by atoms with Gasteiger partial charge >= 0.3 is 11.9 Å². The second kappa shape index (κ2) is 27.1. The Bertz CT molecular complexity index is 1270. The van der Waals surface area contributed by atoms with Gasteiger partial charge in [-0.2, -0.15) is 0 Å². The highest BCUT2D eigenvalue weighted by molar-refractivity contribution is 5.70. The van der Waals surface area contributed by atoms with E-state index in [9.17, 15) is 9.59 Å². The van der Waals surface area contributed by atoms with Crippen molar-refractivity contribution in [2.45, 2.75) is 250 Å². The summed E-state index contributed by atoms with van der Waals surface area (Å²) in [4.78, 5) is 43.6. The van der Waals surface area contributed by atoms with Gasteiger partial charge in [-0.25, -0.2) is 20.0 Å². The lowest BCUT2D eigenvalue weighted by molar-refractivity contribution is -0.146. The van der Waals surface area contributed by atoms with Gasteiger partial charge in [0, 0.05) is 12.8 Å². The molecule has 61 heavy (non-hydrogen) atoms. The first kappa shape index (κ1) is 48.2. The highest BCUT2D eigenvalue weighted by Crippen LogP contribution is 2.41. The number of carbonyl (C=O) groups is 2. The van der Waals surface area contributed by atoms with E-state index in [0.717, 1.165) is 61.2 Å². The van der Waals surface area contributed by atoms with Crippen molar-refractivity contribution in [1.82, 2.24) is 0 Å². The number of hydrogen-bond acceptors (Lipinski definition) is 8. The zero-order valence-electron chi connectivity index (χ0n) is 39.1. The maximum Gasteiger partial charge on any atom is 0.306 e. The largest absolute Gasteiger partial charge is 0.466 e. The van der Waals surface area contributed by atoms with Crippen LogP contribution in [0.3, 0.4) is 0 Å². The Labute approximate surface area is 372 Å². The maximum absolute atomic E-state index is 12.1. The normalized spacial score (nSPS) is 34.5. The average Bonchev–Trinajstić information content (AvgIpc) is 3.28. The van der Waals surface area contributed by atoms with E-state index in [2.05, 4.69) is 25.9 Å². The molecular formula is C53H88N4O4. The van der Waals surface area contributed by atoms with E-state index in [1.54, 1.807) is 0 Å². The van der Waals surface area contributed by atoms with Gasteiger partial charge in [-0.1, -0.05) is 52.4 Å². The van der Waals surface area contributed by atoms with Gasteiger partial charge in [0.25, 0.3) is 0 Å². The quantitative estimate of drug-likeness (QED) is 0.0692. The summed E-state index contributed by atoms with van der Waals surface area (Å²) in [6.07, 6.45) is 39.6. The highest BCUT2D eigenvalue weighted by Gasteiger charge is 2.31. The van der Waals surface area contributed by atoms with E-state index >= 15 is 0 Å². The van der Waals surface area contributed by atoms with Gasteiger partial charge in [-0.3, -0.25) is 9.59 Å². The van der Waals surface area contributed by atoms with Crippen LogP contribution in [-0.2, 0) is 19.1 Å². The van der Waals surface area contributed by atoms with Gasteiger partial charge in [0.1, 0.15) is 0 Å². The number of esters is 2. The topological polar surface area (TPSA) is 102 Å². The lowest BCUT2D eigenvalue weighted by Gasteiger charge is -2.33. The van der Waals surface area contributed by atoms with Crippen LogP contribution in [0.25, 0.3) is 0 Å². The van der Waals surface area contributed by atoms with Crippen LogP contribution in [-0.4, -0.2) is 61.3 Å². The van der Waals surface area contributed by atoms with Crippen molar-refractivity contribution >= 4 is 24.0 Å². The first-order valence-electron chi connectivity index (χ1n) is 26.5. The fourth-order valence-corrected chi connectivity index (χ4v) is 12.4. The predicted octanol–water partition coefficient (Wildman–Crippen LogP) is 13.8. The molecule has 0 amide bonds. The molecule has 8 nitrogen and oxygen atoms in total. The molecule has 0 heterocycles. The molecule has 6 saturated carbocycles. The number of ether oxygens (including phenoxy) is 2. The SMILES string of the molecule is CCCCOC(=O)CC1CCC(CC2CCC(N=C=NC3CCC(CC4CCC(N=C=NC5CCC(CC6CCC(CC(=O)OCCCC)CC6)CC5)CC4)CC3)CC2)CC1. The molecule has 0 aliphatic heterocycles. The monoisotopic (exact) mass is 845 g/mol. The molecule has 0 aromatic rings. The Kier molecular flexibility index (Phi) is 21.4. The zero-order valence-corrected chi connectivity index (χ0v) is 39.1. The summed E-state index contributed by atoms with van der Waals surface area (Å²) in [5.41, 5.74) is 0. The number of aliphatic imine (C=N–C) groups is 4. The minimum atomic E-state index is 0.0223. The summed E-state index contributed by atoms with van der Waals surface area (Å²) in [7, 11) is 0. The second-order valence-corrected chi connectivity index (χ2v) is 21.5. The van der Waals surface area contributed by atoms with Gasteiger partial charge in [0.05, 0.1) is 49.4 Å². The van der Waals surface area contributed by atoms with Crippen LogP contribution in [0.5, 0.6) is 0 Å². The van der Waals surface area contributed by atoms with Crippen molar-refractivity contribution in [2.75, 3.05) is 13.2 Å². The van der Waals surface area contributed by atoms with Gasteiger partial charge in [0.15, 0.2) is 0 Å². The van der Waals surface area contributed by atoms with Crippen molar-refractivity contribution in [3.63, 3.8) is 0 Å². The van der Waals surface area contributed by atoms with Crippen LogP contribution >= 0.6 is 0 Å². The fourth-order valence-electron chi connectivity index (χ4n) is 12.4. The van der Waals surface area contributed by atoms with Crippen LogP contribution in [0.15, 0.2) is 20.0 Å². The Hall–Kier alpha value is -2.30. The summed E-state index contributed by atoms with van der Waals surface area (Å²) < 4.78 is 10.8. The van der Waals surface area contributed by atoms with E-state index in [1.807, 2.05) is 0 Å². The highest BCUT2D eigenvalue weighted by atomic mass is 16.5. The van der Waals surface area contributed by atoms with Crippen LogP contribution in [0.1, 0.15) is 226 Å². The molecule has 6 rings (SSSR count). The summed E-state index contributed by atoms with van der Waals surface area (Å²) >= 11 is 0. The summed E-state index contributed by atoms with van der Waals surface area (Å²) in [5.74, 6) is 6.25. The third-order valence-corrected chi connectivity index (χ3v) is 16.6. The molecule has 6 aliphatic carbocycles. The van der Waals surface area contributed by atoms with Crippen LogP contribution in [0.2, 0.25) is 0 Å². The molecule has 344 valence electrons. The zero-order chi connectivity index (χ0) is 42.5. The van der Waals surface area contributed by atoms with E-state index in [1.165, 1.54) is 173 Å². The van der Waals surface area contributed by atoms with E-state index in [-0.39, 0.29) is 11.9 Å². The van der Waals surface area contributed by atoms with Crippen molar-refractivity contribution in [1.29, 1.82) is 0 Å². The minimum Gasteiger partial charge on any atom is -0.466 e. The van der Waals surface area contributed by atoms with E-state index in [0.29, 0.717) is 62.1 Å². The van der Waals surface area contributed by atoms with Crippen molar-refractivity contribution in [2.24, 2.45) is 67.3 Å². The Morgan fingerprint density at radius 2 is 0.607 bits per heavy atom. The third kappa shape index (κ3) is 18.0. The van der Waals surface area contributed by atoms with Crippen LogP contribution in [0.4, 0.5) is 0 Å². The summed E-state index contributed by atoms with van der Waals surface area (Å²) in [6.45, 7) is 5.45. The lowest BCUT2D eigenvalue weighted by atomic mass is 9.74. The first-order chi connectivity index (χ1) is 29.9. The first-order valence-corrected chi connectivity index (χ1v) is 26.5. The summed E-state index contributed by atoms with van der Waals surface area (Å²) in [6, 6.07) is 8.09. The number of carbonyl (C=O) groups excluding carboxylic acids is 2. The number of rotatable bonds is 20. The Morgan fingerprint density at radius 3 is 0.852 bits per heavy atom. The molecule has 0 unspecified atom stereocenters. The molecule has 0 saturated heterocycles. The Balaban J connectivity index is 0.761. The van der Waals surface area contributed by atoms with Crippen molar-refractivity contribution in [3.8, 4) is 0 Å². The molecule has 6 aliphatic rings. The average molecular weight is 845 g/mol. The van der Waals surface area contributed by atoms with Crippen molar-refractivity contribution in [3.05, 3.63) is 0 Å². The van der Waals surface area contributed by atoms with Gasteiger partial charge in [-0.15, -0.1) is 0 Å². The number of nitrogens with zero attached hydrogens (tertiary/aromatic N) is 4. The molecule has 0 aromatic carbocycles. The molecule has 0 radical (unpaired) electrons. The number of hydrogen-bond donors (Lipinski definition) is 0. The number of unbranched alkanes of at least 4 members (excludes halogenated alkanes) is 2. The fraction of sp³-hybridized carbons (Fsp3) is 0.925. The third-order valence-electron chi connectivity index (χ3n) is 16.6. The van der Waals surface area contributed by atoms with E-state index < -0.39 is 0 Å². The molecular weight excluding hydrogens is 757 g/mol. The van der Waals surface area contributed by atoms with E-state index in [4.69, 9.17) is 29.4 Å². The lowest BCUT2D eigenvalue weighted by Crippen LogP contribution is -2.23. The molecule has 0 bridgehead atoms. The molecule has 0 atom stereocenters. The van der Waals surface area contributed by atoms with Gasteiger partial charge in [0.2, 0.25) is 0 Å². The van der Waals surface area contributed by atoms with Gasteiger partial charge in [-0.05, 0) is 208 Å². The Morgan fingerprint density at radius 1 is 0.377 bits per heavy atom. The second-order valence-electron chi connectivity index (χ2n) is 21.5. The minimum absolute atomic E-state index is 0.0223. The van der Waals surface area contributed by atoms with Crippen LogP contribution in [0, 0.1) is 47.3 Å². The summed E-state index contributed by atoms with van der Waals surface area (Å²) in [5, 5.41) is 0. The molecule has 8 heteroatoms. The predicted molar refractivity (Wildman–Crippen MR) is 248 cm³/mol. The maximum atomic E-state index is 12.1. The smallest absolute Gasteiger partial charge is 0.306 e. The van der Waals surface area contributed by atoms with Crippen LogP contribution < -0.4 is 0 Å². The molecule has 0 spiro atoms. The molecule has 6 fully saturated rings.